The molecule has 4 aliphatic rings. The molecule has 3 amide bonds. The standard InChI is InChI=1S/C38H43FN6O8S/c1-4-53-33-9-7-29(50-2)21-31(33)38(41-37(47)44-17-15-43(16-18-44)27-11-13-42(14-12-27)28-23-52-24-28)30-19-25(22-40)5-8-32(30)45(36(38)46)54(48,49)35-10-6-26(39)20-34(35)51-3/h5-10,19-21,27-28H,4,11-18,23-24H2,1-3H3,(H,41,47)/t38-/m0/s1. The Bertz CT molecular complexity index is 2080. The zero-order valence-corrected chi connectivity index (χ0v) is 31.2. The van der Waals surface area contributed by atoms with Crippen LogP contribution in [0.25, 0.3) is 0 Å². The molecule has 0 radical (unpaired) electrons. The highest BCUT2D eigenvalue weighted by molar-refractivity contribution is 7.93. The highest BCUT2D eigenvalue weighted by Crippen LogP contribution is 2.51. The number of nitriles is 1. The summed E-state index contributed by atoms with van der Waals surface area (Å²) < 4.78 is 66.2. The number of sulfonamides is 1. The number of nitrogens with zero attached hydrogens (tertiary/aromatic N) is 5. The summed E-state index contributed by atoms with van der Waals surface area (Å²) in [6.07, 6.45) is 2.05. The third-order valence-electron chi connectivity index (χ3n) is 10.8. The molecule has 3 fully saturated rings. The molecule has 3 aromatic rings. The quantitative estimate of drug-likeness (QED) is 0.324. The molecule has 14 nitrogen and oxygen atoms in total. The number of carbonyl (C=O) groups excluding carboxylic acids is 2. The number of halogens is 1. The highest BCUT2D eigenvalue weighted by Gasteiger charge is 2.59. The zero-order valence-electron chi connectivity index (χ0n) is 30.4. The number of urea groups is 1. The van der Waals surface area contributed by atoms with Crippen molar-refractivity contribution in [3.05, 3.63) is 77.1 Å². The molecule has 0 spiro atoms. The Morgan fingerprint density at radius 2 is 1.65 bits per heavy atom. The van der Waals surface area contributed by atoms with Crippen molar-refractivity contribution in [1.29, 1.82) is 5.26 Å². The topological polar surface area (TPSA) is 154 Å². The van der Waals surface area contributed by atoms with Gasteiger partial charge >= 0.3 is 6.03 Å². The lowest BCUT2D eigenvalue weighted by molar-refractivity contribution is -0.121. The van der Waals surface area contributed by atoms with E-state index in [1.807, 2.05) is 0 Å². The lowest BCUT2D eigenvalue weighted by Crippen LogP contribution is -2.61. The number of amides is 3. The van der Waals surface area contributed by atoms with Gasteiger partial charge < -0.3 is 29.2 Å². The normalized spacial score (nSPS) is 21.3. The van der Waals surface area contributed by atoms with Crippen LogP contribution in [-0.4, -0.2) is 120 Å². The molecule has 7 rings (SSSR count). The SMILES string of the molecule is CCOc1ccc(OC)cc1[C@]1(NC(=O)N2CCN(C3CCN(C4COC4)CC3)CC2)C(=O)N(S(=O)(=O)c2ccc(F)cc2OC)c2ccc(C#N)cc21. The minimum atomic E-state index is -4.83. The van der Waals surface area contributed by atoms with Gasteiger partial charge in [-0.05, 0) is 68.3 Å². The molecule has 54 heavy (non-hydrogen) atoms. The Hall–Kier alpha value is -4.95. The zero-order chi connectivity index (χ0) is 38.2. The van der Waals surface area contributed by atoms with Gasteiger partial charge in [0.1, 0.15) is 28.0 Å². The Balaban J connectivity index is 1.28. The molecule has 286 valence electrons. The number of carbonyl (C=O) groups is 2. The van der Waals surface area contributed by atoms with E-state index in [0.717, 1.165) is 57.3 Å². The van der Waals surface area contributed by atoms with E-state index in [4.69, 9.17) is 18.9 Å². The predicted molar refractivity (Wildman–Crippen MR) is 195 cm³/mol. The third-order valence-corrected chi connectivity index (χ3v) is 12.6. The van der Waals surface area contributed by atoms with Crippen molar-refractivity contribution in [2.45, 2.75) is 42.3 Å². The molecular formula is C38H43FN6O8S. The second-order valence-corrected chi connectivity index (χ2v) is 15.4. The molecule has 3 saturated heterocycles. The first-order chi connectivity index (χ1) is 26.0. The number of piperazine rings is 1. The third kappa shape index (κ3) is 6.48. The molecule has 3 aromatic carbocycles. The number of rotatable bonds is 10. The number of hydrogen-bond acceptors (Lipinski definition) is 11. The fourth-order valence-electron chi connectivity index (χ4n) is 7.89. The molecular weight excluding hydrogens is 720 g/mol. The molecule has 4 heterocycles. The molecule has 0 aliphatic carbocycles. The van der Waals surface area contributed by atoms with Crippen LogP contribution in [0.4, 0.5) is 14.9 Å². The maximum atomic E-state index is 15.3. The summed E-state index contributed by atoms with van der Waals surface area (Å²) in [5.74, 6) is -1.64. The number of benzene rings is 3. The molecule has 0 aromatic heterocycles. The monoisotopic (exact) mass is 762 g/mol. The van der Waals surface area contributed by atoms with E-state index >= 15 is 4.79 Å². The Kier molecular flexibility index (Phi) is 10.4. The fraction of sp³-hybridized carbons (Fsp3) is 0.447. The number of ether oxygens (including phenoxy) is 4. The van der Waals surface area contributed by atoms with Gasteiger partial charge in [-0.2, -0.15) is 9.57 Å². The molecule has 0 bridgehead atoms. The number of fused-ring (bicyclic) bond motifs is 1. The van der Waals surface area contributed by atoms with E-state index in [1.54, 1.807) is 24.0 Å². The van der Waals surface area contributed by atoms with Crippen molar-refractivity contribution in [1.82, 2.24) is 20.0 Å². The average molecular weight is 763 g/mol. The minimum Gasteiger partial charge on any atom is -0.497 e. The lowest BCUT2D eigenvalue weighted by Gasteiger charge is -2.46. The molecule has 1 N–H and O–H groups in total. The first-order valence-corrected chi connectivity index (χ1v) is 19.4. The largest absolute Gasteiger partial charge is 0.497 e. The summed E-state index contributed by atoms with van der Waals surface area (Å²) in [6, 6.07) is 14.0. The van der Waals surface area contributed by atoms with Crippen LogP contribution >= 0.6 is 0 Å². The van der Waals surface area contributed by atoms with Crippen molar-refractivity contribution in [3.63, 3.8) is 0 Å². The second-order valence-electron chi connectivity index (χ2n) is 13.7. The van der Waals surface area contributed by atoms with Gasteiger partial charge in [-0.1, -0.05) is 0 Å². The minimum absolute atomic E-state index is 0.0287. The van der Waals surface area contributed by atoms with Crippen LogP contribution in [0.1, 0.15) is 36.5 Å². The van der Waals surface area contributed by atoms with Crippen LogP contribution in [-0.2, 0) is 25.1 Å². The number of anilines is 1. The summed E-state index contributed by atoms with van der Waals surface area (Å²) >= 11 is 0. The summed E-state index contributed by atoms with van der Waals surface area (Å²) in [6.45, 7) is 7.47. The molecule has 1 atom stereocenters. The van der Waals surface area contributed by atoms with Crippen molar-refractivity contribution >= 4 is 27.6 Å². The Morgan fingerprint density at radius 3 is 2.28 bits per heavy atom. The number of nitrogens with one attached hydrogen (secondary N) is 1. The number of methoxy groups -OCH3 is 2. The first-order valence-electron chi connectivity index (χ1n) is 18.0. The van der Waals surface area contributed by atoms with Crippen LogP contribution < -0.4 is 23.8 Å². The first kappa shape index (κ1) is 37.4. The average Bonchev–Trinajstić information content (AvgIpc) is 3.41. The maximum Gasteiger partial charge on any atom is 0.318 e. The van der Waals surface area contributed by atoms with Gasteiger partial charge in [0.05, 0.1) is 57.4 Å². The van der Waals surface area contributed by atoms with Crippen LogP contribution in [0.15, 0.2) is 59.5 Å². The van der Waals surface area contributed by atoms with E-state index in [-0.39, 0.29) is 40.5 Å². The van der Waals surface area contributed by atoms with Crippen LogP contribution in [0.3, 0.4) is 0 Å². The van der Waals surface area contributed by atoms with Gasteiger partial charge in [-0.3, -0.25) is 14.6 Å². The lowest BCUT2D eigenvalue weighted by atomic mass is 9.82. The Labute approximate surface area is 314 Å². The van der Waals surface area contributed by atoms with E-state index in [2.05, 4.69) is 21.2 Å². The van der Waals surface area contributed by atoms with E-state index < -0.39 is 38.2 Å². The van der Waals surface area contributed by atoms with Crippen LogP contribution in [0.2, 0.25) is 0 Å². The summed E-state index contributed by atoms with van der Waals surface area (Å²) in [5, 5.41) is 13.0. The van der Waals surface area contributed by atoms with E-state index in [1.165, 1.54) is 38.5 Å². The summed E-state index contributed by atoms with van der Waals surface area (Å²) in [4.78, 5) is 35.9. The number of likely N-dealkylation sites (tertiary alicyclic amines) is 1. The predicted octanol–water partition coefficient (Wildman–Crippen LogP) is 3.28. The van der Waals surface area contributed by atoms with Crippen molar-refractivity contribution in [2.24, 2.45) is 0 Å². The number of piperidine rings is 1. The number of hydrogen-bond donors (Lipinski definition) is 1. The summed E-state index contributed by atoms with van der Waals surface area (Å²) in [5.41, 5.74) is -2.09. The van der Waals surface area contributed by atoms with Gasteiger partial charge in [0, 0.05) is 62.5 Å². The van der Waals surface area contributed by atoms with Crippen molar-refractivity contribution in [2.75, 3.05) is 77.6 Å². The van der Waals surface area contributed by atoms with Crippen LogP contribution in [0.5, 0.6) is 17.2 Å². The highest BCUT2D eigenvalue weighted by atomic mass is 32.2. The van der Waals surface area contributed by atoms with Crippen molar-refractivity contribution in [3.8, 4) is 23.3 Å². The Morgan fingerprint density at radius 1 is 0.926 bits per heavy atom. The maximum absolute atomic E-state index is 15.3. The fourth-order valence-corrected chi connectivity index (χ4v) is 9.50. The summed E-state index contributed by atoms with van der Waals surface area (Å²) in [7, 11) is -2.21. The van der Waals surface area contributed by atoms with Crippen LogP contribution in [0, 0.1) is 17.1 Å². The van der Waals surface area contributed by atoms with E-state index in [0.29, 0.717) is 48.3 Å². The van der Waals surface area contributed by atoms with Gasteiger partial charge in [0.25, 0.3) is 15.9 Å². The van der Waals surface area contributed by atoms with Crippen molar-refractivity contribution < 1.29 is 41.3 Å². The molecule has 4 aliphatic heterocycles. The van der Waals surface area contributed by atoms with E-state index in [9.17, 15) is 22.9 Å². The molecule has 0 unspecified atom stereocenters. The van der Waals surface area contributed by atoms with Gasteiger partial charge in [-0.15, -0.1) is 0 Å². The van der Waals surface area contributed by atoms with Gasteiger partial charge in [0.15, 0.2) is 5.54 Å². The van der Waals surface area contributed by atoms with Gasteiger partial charge in [-0.25, -0.2) is 17.6 Å². The molecule has 16 heteroatoms. The van der Waals surface area contributed by atoms with Gasteiger partial charge in [0.2, 0.25) is 0 Å². The smallest absolute Gasteiger partial charge is 0.318 e. The molecule has 0 saturated carbocycles. The second kappa shape index (κ2) is 15.1.